The zero-order valence-electron chi connectivity index (χ0n) is 16.7. The van der Waals surface area contributed by atoms with Crippen LogP contribution >= 0.6 is 11.8 Å². The number of aromatic nitrogens is 3. The third-order valence-corrected chi connectivity index (χ3v) is 6.70. The summed E-state index contributed by atoms with van der Waals surface area (Å²) in [5.74, 6) is 0.229. The molecule has 160 valence electrons. The van der Waals surface area contributed by atoms with Crippen molar-refractivity contribution in [3.8, 4) is 11.4 Å². The third kappa shape index (κ3) is 4.15. The molecule has 0 radical (unpaired) electrons. The Balaban J connectivity index is 1.44. The molecule has 0 spiro atoms. The number of ether oxygens (including phenoxy) is 1. The standard InChI is InChI=1S/C22H22FN5O2S/c23-16-10-8-14(9-11-16)18-19(21(29)24-13-17-7-4-12-30-17)31-22-26-25-20(28(22)27-18)15-5-2-1-3-6-15/h1-3,5-6,8-11,17-19,27H,4,7,12-13H2,(H,24,29)/t17-,18-,19-/m0/s1. The van der Waals surface area contributed by atoms with Gasteiger partial charge in [-0.15, -0.1) is 10.2 Å². The Bertz CT molecular complexity index is 1050. The van der Waals surface area contributed by atoms with E-state index in [4.69, 9.17) is 4.74 Å². The summed E-state index contributed by atoms with van der Waals surface area (Å²) >= 11 is 1.35. The molecule has 0 saturated carbocycles. The van der Waals surface area contributed by atoms with Crippen LogP contribution in [0, 0.1) is 5.82 Å². The van der Waals surface area contributed by atoms with Gasteiger partial charge in [0.2, 0.25) is 11.1 Å². The molecule has 3 atom stereocenters. The first-order chi connectivity index (χ1) is 15.2. The van der Waals surface area contributed by atoms with E-state index >= 15 is 0 Å². The van der Waals surface area contributed by atoms with Crippen molar-refractivity contribution in [2.24, 2.45) is 0 Å². The van der Waals surface area contributed by atoms with Crippen LogP contribution in [0.25, 0.3) is 11.4 Å². The van der Waals surface area contributed by atoms with Crippen LogP contribution in [-0.4, -0.2) is 45.3 Å². The van der Waals surface area contributed by atoms with Gasteiger partial charge >= 0.3 is 0 Å². The maximum absolute atomic E-state index is 13.5. The lowest BCUT2D eigenvalue weighted by Gasteiger charge is -2.33. The lowest BCUT2D eigenvalue weighted by molar-refractivity contribution is -0.121. The Morgan fingerprint density at radius 3 is 2.74 bits per heavy atom. The van der Waals surface area contributed by atoms with Crippen molar-refractivity contribution in [2.75, 3.05) is 18.6 Å². The van der Waals surface area contributed by atoms with Gasteiger partial charge in [0.05, 0.1) is 12.1 Å². The van der Waals surface area contributed by atoms with E-state index in [0.29, 0.717) is 17.5 Å². The first kappa shape index (κ1) is 20.0. The van der Waals surface area contributed by atoms with Crippen molar-refractivity contribution < 1.29 is 13.9 Å². The minimum Gasteiger partial charge on any atom is -0.376 e. The summed E-state index contributed by atoms with van der Waals surface area (Å²) in [5, 5.41) is 11.8. The van der Waals surface area contributed by atoms with Gasteiger partial charge in [-0.25, -0.2) is 9.07 Å². The van der Waals surface area contributed by atoms with Crippen molar-refractivity contribution in [2.45, 2.75) is 35.4 Å². The molecular weight excluding hydrogens is 417 g/mol. The highest BCUT2D eigenvalue weighted by atomic mass is 32.2. The number of thioether (sulfide) groups is 1. The maximum Gasteiger partial charge on any atom is 0.236 e. The molecule has 3 aromatic rings. The van der Waals surface area contributed by atoms with Gasteiger partial charge in [0, 0.05) is 18.7 Å². The summed E-state index contributed by atoms with van der Waals surface area (Å²) in [5.41, 5.74) is 5.12. The molecule has 0 aliphatic carbocycles. The van der Waals surface area contributed by atoms with Gasteiger partial charge in [0.25, 0.3) is 0 Å². The largest absolute Gasteiger partial charge is 0.376 e. The molecule has 2 aliphatic heterocycles. The minimum absolute atomic E-state index is 0.0584. The van der Waals surface area contributed by atoms with Crippen molar-refractivity contribution >= 4 is 17.7 Å². The molecule has 2 N–H and O–H groups in total. The van der Waals surface area contributed by atoms with E-state index in [-0.39, 0.29) is 23.9 Å². The molecule has 1 aromatic heterocycles. The quantitative estimate of drug-likeness (QED) is 0.636. The van der Waals surface area contributed by atoms with E-state index in [0.717, 1.165) is 30.6 Å². The highest BCUT2D eigenvalue weighted by molar-refractivity contribution is 8.00. The molecule has 7 nitrogen and oxygen atoms in total. The van der Waals surface area contributed by atoms with Crippen LogP contribution < -0.4 is 10.7 Å². The van der Waals surface area contributed by atoms with Crippen LogP contribution in [0.1, 0.15) is 24.4 Å². The number of hydrogen-bond acceptors (Lipinski definition) is 6. The summed E-state index contributed by atoms with van der Waals surface area (Å²) in [6, 6.07) is 15.5. The van der Waals surface area contributed by atoms with Gasteiger partial charge in [-0.3, -0.25) is 4.79 Å². The number of rotatable bonds is 5. The Morgan fingerprint density at radius 1 is 1.19 bits per heavy atom. The lowest BCUT2D eigenvalue weighted by atomic mass is 10.0. The van der Waals surface area contributed by atoms with Crippen LogP contribution in [0.4, 0.5) is 4.39 Å². The molecular formula is C22H22FN5O2S. The SMILES string of the molecule is O=C(NC[C@@H]1CCCO1)[C@H]1Sc2nnc(-c3ccccc3)n2N[C@H]1c1ccc(F)cc1. The summed E-state index contributed by atoms with van der Waals surface area (Å²) < 4.78 is 21.0. The number of fused-ring (bicyclic) bond motifs is 1. The van der Waals surface area contributed by atoms with E-state index in [2.05, 4.69) is 20.9 Å². The first-order valence-electron chi connectivity index (χ1n) is 10.3. The fourth-order valence-electron chi connectivity index (χ4n) is 3.87. The van der Waals surface area contributed by atoms with E-state index in [1.54, 1.807) is 16.8 Å². The number of carbonyl (C=O) groups is 1. The van der Waals surface area contributed by atoms with Gasteiger partial charge in [-0.1, -0.05) is 54.2 Å². The van der Waals surface area contributed by atoms with Gasteiger partial charge in [0.1, 0.15) is 11.1 Å². The molecule has 9 heteroatoms. The lowest BCUT2D eigenvalue weighted by Crippen LogP contribution is -2.45. The third-order valence-electron chi connectivity index (χ3n) is 5.48. The fraction of sp³-hybridized carbons (Fsp3) is 0.318. The summed E-state index contributed by atoms with van der Waals surface area (Å²) in [4.78, 5) is 13.1. The molecule has 1 saturated heterocycles. The molecule has 5 rings (SSSR count). The number of hydrogen-bond donors (Lipinski definition) is 2. The highest BCUT2D eigenvalue weighted by Crippen LogP contribution is 2.38. The molecule has 2 aliphatic rings. The van der Waals surface area contributed by atoms with Crippen molar-refractivity contribution in [1.82, 2.24) is 20.2 Å². The van der Waals surface area contributed by atoms with Gasteiger partial charge in [-0.05, 0) is 30.5 Å². The molecule has 31 heavy (non-hydrogen) atoms. The molecule has 0 unspecified atom stereocenters. The molecule has 1 amide bonds. The second kappa shape index (κ2) is 8.68. The van der Waals surface area contributed by atoms with E-state index in [9.17, 15) is 9.18 Å². The Morgan fingerprint density at radius 2 is 2.00 bits per heavy atom. The van der Waals surface area contributed by atoms with Gasteiger partial charge in [-0.2, -0.15) is 0 Å². The van der Waals surface area contributed by atoms with Crippen LogP contribution in [0.2, 0.25) is 0 Å². The van der Waals surface area contributed by atoms with Crippen molar-refractivity contribution in [1.29, 1.82) is 0 Å². The van der Waals surface area contributed by atoms with Crippen LogP contribution in [0.5, 0.6) is 0 Å². The smallest absolute Gasteiger partial charge is 0.236 e. The number of nitrogens with one attached hydrogen (secondary N) is 2. The predicted octanol–water partition coefficient (Wildman–Crippen LogP) is 3.14. The average molecular weight is 440 g/mol. The Hall–Kier alpha value is -2.91. The molecule has 1 fully saturated rings. The molecule has 0 bridgehead atoms. The van der Waals surface area contributed by atoms with Crippen molar-refractivity contribution in [3.05, 3.63) is 66.0 Å². The minimum atomic E-state index is -0.493. The zero-order valence-corrected chi connectivity index (χ0v) is 17.5. The second-order valence-corrected chi connectivity index (χ2v) is 8.69. The van der Waals surface area contributed by atoms with Crippen LogP contribution in [-0.2, 0) is 9.53 Å². The number of nitrogens with zero attached hydrogens (tertiary/aromatic N) is 3. The van der Waals surface area contributed by atoms with Gasteiger partial charge in [0.15, 0.2) is 5.82 Å². The molecule has 2 aromatic carbocycles. The number of amides is 1. The number of benzene rings is 2. The first-order valence-corrected chi connectivity index (χ1v) is 11.2. The van der Waals surface area contributed by atoms with E-state index in [1.807, 2.05) is 30.3 Å². The summed E-state index contributed by atoms with van der Waals surface area (Å²) in [6.45, 7) is 1.22. The Kier molecular flexibility index (Phi) is 5.61. The number of carbonyl (C=O) groups excluding carboxylic acids is 1. The normalized spacial score (nSPS) is 22.5. The predicted molar refractivity (Wildman–Crippen MR) is 116 cm³/mol. The average Bonchev–Trinajstić information content (AvgIpc) is 3.47. The highest BCUT2D eigenvalue weighted by Gasteiger charge is 2.38. The summed E-state index contributed by atoms with van der Waals surface area (Å²) in [6.07, 6.45) is 2.03. The topological polar surface area (TPSA) is 81.1 Å². The maximum atomic E-state index is 13.5. The van der Waals surface area contributed by atoms with Crippen LogP contribution in [0.3, 0.4) is 0 Å². The van der Waals surface area contributed by atoms with E-state index < -0.39 is 5.25 Å². The summed E-state index contributed by atoms with van der Waals surface area (Å²) in [7, 11) is 0. The second-order valence-electron chi connectivity index (χ2n) is 7.58. The van der Waals surface area contributed by atoms with Crippen LogP contribution in [0.15, 0.2) is 59.8 Å². The molecule has 3 heterocycles. The van der Waals surface area contributed by atoms with Crippen molar-refractivity contribution in [3.63, 3.8) is 0 Å². The monoisotopic (exact) mass is 439 g/mol. The van der Waals surface area contributed by atoms with E-state index in [1.165, 1.54) is 23.9 Å². The fourth-order valence-corrected chi connectivity index (χ4v) is 4.97. The zero-order chi connectivity index (χ0) is 21.2. The van der Waals surface area contributed by atoms with Gasteiger partial charge < -0.3 is 15.5 Å². The number of halogens is 1. The Labute approximate surface area is 183 Å².